The Balaban J connectivity index is 2.10. The first-order valence-electron chi connectivity index (χ1n) is 8.09. The summed E-state index contributed by atoms with van der Waals surface area (Å²) < 4.78 is 39.5. The van der Waals surface area contributed by atoms with Crippen LogP contribution in [0.3, 0.4) is 0 Å². The van der Waals surface area contributed by atoms with Crippen molar-refractivity contribution in [3.8, 4) is 0 Å². The second-order valence-electron chi connectivity index (χ2n) is 5.87. The summed E-state index contributed by atoms with van der Waals surface area (Å²) in [5, 5.41) is 0. The van der Waals surface area contributed by atoms with E-state index in [1.165, 1.54) is 17.7 Å². The average molecular weight is 331 g/mol. The summed E-state index contributed by atoms with van der Waals surface area (Å²) in [4.78, 5) is 3.09. The van der Waals surface area contributed by atoms with Gasteiger partial charge in [0, 0.05) is 5.56 Å². The number of hydrogen-bond donors (Lipinski definition) is 0. The fourth-order valence-electron chi connectivity index (χ4n) is 2.65. The minimum Gasteiger partial charge on any atom is -0.238 e. The molecule has 0 heterocycles. The highest BCUT2D eigenvalue weighted by atomic mass is 19.4. The molecule has 0 N–H and O–H groups in total. The number of nitrogens with zero attached hydrogens (tertiary/aromatic N) is 1. The summed E-state index contributed by atoms with van der Waals surface area (Å²) in [7, 11) is 0. The Morgan fingerprint density at radius 1 is 0.917 bits per heavy atom. The molecule has 0 saturated heterocycles. The summed E-state index contributed by atoms with van der Waals surface area (Å²) in [6.07, 6.45) is -0.257. The lowest BCUT2D eigenvalue weighted by Crippen LogP contribution is -2.09. The van der Waals surface area contributed by atoms with E-state index in [9.17, 15) is 13.2 Å². The van der Waals surface area contributed by atoms with Gasteiger partial charge in [-0.3, -0.25) is 0 Å². The van der Waals surface area contributed by atoms with Gasteiger partial charge in [0.25, 0.3) is 0 Å². The Hall–Kier alpha value is -2.28. The van der Waals surface area contributed by atoms with Gasteiger partial charge in [-0.15, -0.1) is 0 Å². The third kappa shape index (κ3) is 4.86. The lowest BCUT2D eigenvalue weighted by molar-refractivity contribution is -0.138. The smallest absolute Gasteiger partial charge is 0.238 e. The van der Waals surface area contributed by atoms with Gasteiger partial charge in [-0.2, -0.15) is 13.2 Å². The molecule has 24 heavy (non-hydrogen) atoms. The molecule has 0 radical (unpaired) electrons. The van der Waals surface area contributed by atoms with Crippen LogP contribution < -0.4 is 0 Å². The van der Waals surface area contributed by atoms with Crippen LogP contribution in [0.15, 0.2) is 42.5 Å². The number of rotatable bonds is 6. The molecule has 1 nitrogen and oxygen atoms in total. The molecule has 126 valence electrons. The maximum absolute atomic E-state index is 13.2. The number of benzene rings is 2. The summed E-state index contributed by atoms with van der Waals surface area (Å²) in [6.45, 7) is 9.02. The molecule has 0 spiro atoms. The zero-order valence-electron chi connectivity index (χ0n) is 13.7. The molecule has 4 heteroatoms. The van der Waals surface area contributed by atoms with Gasteiger partial charge < -0.3 is 0 Å². The maximum Gasteiger partial charge on any atom is 0.415 e. The molecule has 0 saturated carbocycles. The topological polar surface area (TPSA) is 4.36 Å². The first-order chi connectivity index (χ1) is 11.4. The molecule has 2 aromatic carbocycles. The summed E-state index contributed by atoms with van der Waals surface area (Å²) in [5.41, 5.74) is 1.85. The molecule has 0 unspecified atom stereocenters. The molecule has 0 aliphatic carbocycles. The predicted octanol–water partition coefficient (Wildman–Crippen LogP) is 6.38. The standard InChI is InChI=1S/C20H20F3N/c1-3-4-5-15-6-8-16(9-7-15)10-11-17-12-13-18(24-2)14-19(17)20(21,22)23/h6-9,12-14H,3-5,10-11H2,1H3. The third-order valence-electron chi connectivity index (χ3n) is 4.05. The molecule has 0 aromatic heterocycles. The lowest BCUT2D eigenvalue weighted by Gasteiger charge is -2.13. The number of aryl methyl sites for hydroxylation is 3. The molecule has 0 aliphatic heterocycles. The van der Waals surface area contributed by atoms with Crippen LogP contribution in [0.5, 0.6) is 0 Å². The van der Waals surface area contributed by atoms with Crippen LogP contribution in [0.2, 0.25) is 0 Å². The van der Waals surface area contributed by atoms with Crippen LogP contribution >= 0.6 is 0 Å². The van der Waals surface area contributed by atoms with Gasteiger partial charge in [0.2, 0.25) is 0 Å². The van der Waals surface area contributed by atoms with Gasteiger partial charge >= 0.3 is 6.18 Å². The molecule has 0 amide bonds. The minimum atomic E-state index is -4.43. The average Bonchev–Trinajstić information content (AvgIpc) is 2.58. The number of halogens is 3. The quantitative estimate of drug-likeness (QED) is 0.541. The number of alkyl halides is 3. The van der Waals surface area contributed by atoms with Gasteiger partial charge in [0.15, 0.2) is 5.69 Å². The number of hydrogen-bond acceptors (Lipinski definition) is 0. The summed E-state index contributed by atoms with van der Waals surface area (Å²) in [5.74, 6) is 0. The van der Waals surface area contributed by atoms with E-state index in [4.69, 9.17) is 6.57 Å². The zero-order valence-corrected chi connectivity index (χ0v) is 13.7. The molecule has 0 atom stereocenters. The summed E-state index contributed by atoms with van der Waals surface area (Å²) in [6, 6.07) is 11.9. The fraction of sp³-hybridized carbons (Fsp3) is 0.350. The Morgan fingerprint density at radius 2 is 1.54 bits per heavy atom. The zero-order chi connectivity index (χ0) is 17.6. The van der Waals surface area contributed by atoms with Crippen molar-refractivity contribution in [3.05, 3.63) is 76.1 Å². The molecular formula is C20H20F3N. The third-order valence-corrected chi connectivity index (χ3v) is 4.05. The van der Waals surface area contributed by atoms with E-state index in [0.717, 1.165) is 30.9 Å². The van der Waals surface area contributed by atoms with Gasteiger partial charge in [-0.05, 0) is 48.4 Å². The van der Waals surface area contributed by atoms with Gasteiger partial charge in [0.1, 0.15) is 0 Å². The molecule has 0 aliphatic rings. The first kappa shape index (κ1) is 18.1. The second-order valence-corrected chi connectivity index (χ2v) is 5.87. The Bertz CT molecular complexity index is 709. The van der Waals surface area contributed by atoms with E-state index >= 15 is 0 Å². The van der Waals surface area contributed by atoms with Crippen LogP contribution in [-0.2, 0) is 25.4 Å². The van der Waals surface area contributed by atoms with Crippen molar-refractivity contribution < 1.29 is 13.2 Å². The van der Waals surface area contributed by atoms with Crippen molar-refractivity contribution >= 4 is 5.69 Å². The van der Waals surface area contributed by atoms with Crippen molar-refractivity contribution in [1.82, 2.24) is 0 Å². The maximum atomic E-state index is 13.2. The molecule has 0 fully saturated rings. The molecule has 2 rings (SSSR count). The SMILES string of the molecule is [C-]#[N+]c1ccc(CCc2ccc(CCCC)cc2)c(C(F)(F)F)c1. The van der Waals surface area contributed by atoms with Crippen LogP contribution in [-0.4, -0.2) is 0 Å². The van der Waals surface area contributed by atoms with E-state index in [2.05, 4.69) is 23.9 Å². The highest BCUT2D eigenvalue weighted by molar-refractivity contribution is 5.50. The van der Waals surface area contributed by atoms with E-state index in [1.54, 1.807) is 0 Å². The molecular weight excluding hydrogens is 311 g/mol. The highest BCUT2D eigenvalue weighted by Gasteiger charge is 2.33. The minimum absolute atomic E-state index is 0.0198. The Labute approximate surface area is 141 Å². The lowest BCUT2D eigenvalue weighted by atomic mass is 9.98. The van der Waals surface area contributed by atoms with Crippen molar-refractivity contribution in [2.24, 2.45) is 0 Å². The normalized spacial score (nSPS) is 11.3. The molecule has 2 aromatic rings. The van der Waals surface area contributed by atoms with Crippen molar-refractivity contribution in [2.45, 2.75) is 45.2 Å². The van der Waals surface area contributed by atoms with E-state index < -0.39 is 11.7 Å². The van der Waals surface area contributed by atoms with Crippen LogP contribution in [0.1, 0.15) is 42.0 Å². The van der Waals surface area contributed by atoms with Crippen molar-refractivity contribution in [2.75, 3.05) is 0 Å². The van der Waals surface area contributed by atoms with E-state index in [0.29, 0.717) is 12.8 Å². The Kier molecular flexibility index (Phi) is 6.03. The van der Waals surface area contributed by atoms with E-state index in [1.807, 2.05) is 12.1 Å². The largest absolute Gasteiger partial charge is 0.415 e. The summed E-state index contributed by atoms with van der Waals surface area (Å²) >= 11 is 0. The predicted molar refractivity (Wildman–Crippen MR) is 90.2 cm³/mol. The highest BCUT2D eigenvalue weighted by Crippen LogP contribution is 2.35. The van der Waals surface area contributed by atoms with Gasteiger partial charge in [-0.1, -0.05) is 49.7 Å². The van der Waals surface area contributed by atoms with Crippen LogP contribution in [0.25, 0.3) is 4.85 Å². The van der Waals surface area contributed by atoms with Crippen LogP contribution in [0.4, 0.5) is 18.9 Å². The fourth-order valence-corrected chi connectivity index (χ4v) is 2.65. The van der Waals surface area contributed by atoms with Gasteiger partial charge in [0.05, 0.1) is 6.57 Å². The second kappa shape index (κ2) is 8.01. The van der Waals surface area contributed by atoms with Crippen molar-refractivity contribution in [1.29, 1.82) is 0 Å². The van der Waals surface area contributed by atoms with Crippen molar-refractivity contribution in [3.63, 3.8) is 0 Å². The first-order valence-corrected chi connectivity index (χ1v) is 8.09. The molecule has 0 bridgehead atoms. The van der Waals surface area contributed by atoms with E-state index in [-0.39, 0.29) is 11.3 Å². The number of unbranched alkanes of at least 4 members (excludes halogenated alkanes) is 1. The van der Waals surface area contributed by atoms with Gasteiger partial charge in [-0.25, -0.2) is 4.85 Å². The van der Waals surface area contributed by atoms with Crippen LogP contribution in [0, 0.1) is 6.57 Å². The monoisotopic (exact) mass is 331 g/mol. The Morgan fingerprint density at radius 3 is 2.08 bits per heavy atom.